The number of carbonyl (C=O) groups is 1. The topological polar surface area (TPSA) is 126 Å². The Morgan fingerprint density at radius 3 is 2.50 bits per heavy atom. The summed E-state index contributed by atoms with van der Waals surface area (Å²) in [5.74, 6) is 1.15. The molecule has 270 valence electrons. The summed E-state index contributed by atoms with van der Waals surface area (Å²) in [7, 11) is -2.10. The number of hydrogen-bond donors (Lipinski definition) is 1. The van der Waals surface area contributed by atoms with E-state index in [0.717, 1.165) is 58.4 Å². The largest absolute Gasteiger partial charge is 0.497 e. The van der Waals surface area contributed by atoms with Crippen LogP contribution in [0.4, 0.5) is 10.2 Å². The van der Waals surface area contributed by atoms with Gasteiger partial charge in [-0.25, -0.2) is 27.5 Å². The molecule has 3 aliphatic heterocycles. The fourth-order valence-corrected chi connectivity index (χ4v) is 8.46. The van der Waals surface area contributed by atoms with Crippen LogP contribution in [0.3, 0.4) is 0 Å². The third-order valence-corrected chi connectivity index (χ3v) is 11.6. The van der Waals surface area contributed by atoms with Gasteiger partial charge in [-0.3, -0.25) is 4.79 Å². The molecule has 4 heterocycles. The van der Waals surface area contributed by atoms with Gasteiger partial charge in [-0.1, -0.05) is 0 Å². The van der Waals surface area contributed by atoms with Crippen molar-refractivity contribution in [1.82, 2.24) is 24.5 Å². The Bertz CT molecular complexity index is 1740. The zero-order chi connectivity index (χ0) is 35.5. The van der Waals surface area contributed by atoms with Gasteiger partial charge in [0.1, 0.15) is 23.6 Å². The molecule has 1 spiro atoms. The van der Waals surface area contributed by atoms with Gasteiger partial charge < -0.3 is 28.9 Å². The molecule has 0 bridgehead atoms. The molecule has 0 radical (unpaired) electrons. The van der Waals surface area contributed by atoms with Gasteiger partial charge in [0.25, 0.3) is 5.91 Å². The number of methoxy groups -OCH3 is 1. The summed E-state index contributed by atoms with van der Waals surface area (Å²) in [5, 5.41) is 0. The van der Waals surface area contributed by atoms with Gasteiger partial charge in [-0.05, 0) is 102 Å². The molecule has 0 aliphatic carbocycles. The second kappa shape index (κ2) is 15.2. The van der Waals surface area contributed by atoms with Gasteiger partial charge in [-0.15, -0.1) is 0 Å². The first-order chi connectivity index (χ1) is 24.0. The Morgan fingerprint density at radius 2 is 1.86 bits per heavy atom. The van der Waals surface area contributed by atoms with E-state index in [9.17, 15) is 17.6 Å². The Morgan fingerprint density at radius 1 is 1.12 bits per heavy atom. The van der Waals surface area contributed by atoms with Crippen molar-refractivity contribution in [1.29, 1.82) is 0 Å². The van der Waals surface area contributed by atoms with Crippen LogP contribution in [0.2, 0.25) is 0 Å². The normalized spacial score (nSPS) is 20.8. The Kier molecular flexibility index (Phi) is 10.9. The van der Waals surface area contributed by atoms with Crippen molar-refractivity contribution in [2.24, 2.45) is 5.41 Å². The minimum absolute atomic E-state index is 0.0507. The summed E-state index contributed by atoms with van der Waals surface area (Å²) in [6, 6.07) is 10.0. The quantitative estimate of drug-likeness (QED) is 0.282. The van der Waals surface area contributed by atoms with Crippen LogP contribution in [0.5, 0.6) is 17.2 Å². The van der Waals surface area contributed by atoms with Crippen molar-refractivity contribution in [2.45, 2.75) is 69.5 Å². The standard InChI is InChI=1S/C36H47FN6O6S/c1-5-43(25(2)3)35(44)31-18-26(37)6-13-32(31)49-33-19-38-24-39-34(33)42-22-36(23-42)14-16-41(17-15-36)20-29-8-7-27(21-48-29)40-50(45,46)30-11-9-28(47-4)10-12-30/h6,9-13,18-19,24-25,27,29,40H,5,7-8,14-17,20-23H2,1-4H3/t27-,29+/m1/s1. The van der Waals surface area contributed by atoms with Gasteiger partial charge in [0.15, 0.2) is 11.6 Å². The number of nitrogens with one attached hydrogen (secondary N) is 1. The number of amides is 1. The fourth-order valence-electron chi connectivity index (χ4n) is 7.21. The van der Waals surface area contributed by atoms with Crippen molar-refractivity contribution in [3.63, 3.8) is 0 Å². The SMILES string of the molecule is CCN(C(=O)c1cc(F)ccc1Oc1cncnc1N1CC2(CCN(C[C@@H]3CC[C@@H](NS(=O)(=O)c4ccc(OC)cc4)CO3)CC2)C1)C(C)C. The van der Waals surface area contributed by atoms with Crippen LogP contribution in [0.1, 0.15) is 56.8 Å². The molecule has 3 fully saturated rings. The monoisotopic (exact) mass is 710 g/mol. The molecule has 2 aromatic carbocycles. The highest BCUT2D eigenvalue weighted by Gasteiger charge is 2.46. The first kappa shape index (κ1) is 36.0. The predicted octanol–water partition coefficient (Wildman–Crippen LogP) is 4.72. The Balaban J connectivity index is 0.990. The highest BCUT2D eigenvalue weighted by atomic mass is 32.2. The number of nitrogens with zero attached hydrogens (tertiary/aromatic N) is 5. The predicted molar refractivity (Wildman–Crippen MR) is 187 cm³/mol. The number of sulfonamides is 1. The highest BCUT2D eigenvalue weighted by Crippen LogP contribution is 2.45. The Labute approximate surface area is 294 Å². The van der Waals surface area contributed by atoms with E-state index in [1.807, 2.05) is 20.8 Å². The molecule has 12 nitrogen and oxygen atoms in total. The molecule has 14 heteroatoms. The summed E-state index contributed by atoms with van der Waals surface area (Å²) < 4.78 is 60.3. The number of benzene rings is 2. The van der Waals surface area contributed by atoms with Gasteiger partial charge in [0.05, 0.1) is 36.5 Å². The first-order valence-electron chi connectivity index (χ1n) is 17.3. The molecular formula is C36H47FN6O6S. The van der Waals surface area contributed by atoms with Crippen LogP contribution in [-0.2, 0) is 14.8 Å². The second-order valence-electron chi connectivity index (χ2n) is 13.8. The van der Waals surface area contributed by atoms with Crippen LogP contribution in [0, 0.1) is 11.2 Å². The van der Waals surface area contributed by atoms with E-state index in [4.69, 9.17) is 14.2 Å². The molecule has 50 heavy (non-hydrogen) atoms. The minimum atomic E-state index is -3.64. The third-order valence-electron chi connectivity index (χ3n) is 10.1. The zero-order valence-corrected chi connectivity index (χ0v) is 30.0. The van der Waals surface area contributed by atoms with Crippen molar-refractivity contribution in [3.8, 4) is 17.2 Å². The van der Waals surface area contributed by atoms with Crippen LogP contribution in [0.25, 0.3) is 0 Å². The van der Waals surface area contributed by atoms with Gasteiger partial charge in [0, 0.05) is 43.7 Å². The average molecular weight is 711 g/mol. The van der Waals surface area contributed by atoms with Crippen LogP contribution in [-0.4, -0.2) is 105 Å². The number of rotatable bonds is 12. The van der Waals surface area contributed by atoms with Gasteiger partial charge >= 0.3 is 0 Å². The summed E-state index contributed by atoms with van der Waals surface area (Å²) >= 11 is 0. The second-order valence-corrected chi connectivity index (χ2v) is 15.5. The molecule has 0 unspecified atom stereocenters. The number of hydrogen-bond acceptors (Lipinski definition) is 10. The number of ether oxygens (including phenoxy) is 3. The van der Waals surface area contributed by atoms with Crippen LogP contribution in [0.15, 0.2) is 59.9 Å². The number of carbonyl (C=O) groups excluding carboxylic acids is 1. The lowest BCUT2D eigenvalue weighted by Gasteiger charge is -2.54. The van der Waals surface area contributed by atoms with Gasteiger partial charge in [-0.2, -0.15) is 0 Å². The molecule has 1 N–H and O–H groups in total. The molecule has 3 aromatic rings. The Hall–Kier alpha value is -3.85. The van der Waals surface area contributed by atoms with E-state index < -0.39 is 15.8 Å². The van der Waals surface area contributed by atoms with Crippen LogP contribution < -0.4 is 19.1 Å². The molecule has 0 saturated carbocycles. The molecule has 1 amide bonds. The van der Waals surface area contributed by atoms with Crippen molar-refractivity contribution < 1.29 is 31.8 Å². The molecule has 1 aromatic heterocycles. The third kappa shape index (κ3) is 8.03. The number of anilines is 1. The highest BCUT2D eigenvalue weighted by molar-refractivity contribution is 7.89. The summed E-state index contributed by atoms with van der Waals surface area (Å²) in [4.78, 5) is 28.6. The molecule has 6 rings (SSSR count). The lowest BCUT2D eigenvalue weighted by Crippen LogP contribution is -2.61. The van der Waals surface area contributed by atoms with Crippen molar-refractivity contribution in [3.05, 3.63) is 66.4 Å². The first-order valence-corrected chi connectivity index (χ1v) is 18.8. The molecule has 2 atom stereocenters. The number of likely N-dealkylation sites (tertiary alicyclic amines) is 1. The van der Waals surface area contributed by atoms with E-state index in [1.165, 1.54) is 24.5 Å². The number of piperidine rings is 1. The van der Waals surface area contributed by atoms with E-state index in [1.54, 1.807) is 42.5 Å². The summed E-state index contributed by atoms with van der Waals surface area (Å²) in [5.41, 5.74) is 0.336. The average Bonchev–Trinajstić information content (AvgIpc) is 3.09. The fraction of sp³-hybridized carbons (Fsp3) is 0.528. The van der Waals surface area contributed by atoms with E-state index in [2.05, 4.69) is 24.5 Å². The molecule has 3 aliphatic rings. The maximum absolute atomic E-state index is 14.3. The lowest BCUT2D eigenvalue weighted by molar-refractivity contribution is -0.0299. The smallest absolute Gasteiger partial charge is 0.257 e. The van der Waals surface area contributed by atoms with E-state index in [-0.39, 0.29) is 45.7 Å². The van der Waals surface area contributed by atoms with Crippen molar-refractivity contribution >= 4 is 21.7 Å². The summed E-state index contributed by atoms with van der Waals surface area (Å²) in [6.45, 7) is 11.0. The zero-order valence-electron chi connectivity index (χ0n) is 29.2. The van der Waals surface area contributed by atoms with E-state index >= 15 is 0 Å². The molecular weight excluding hydrogens is 663 g/mol. The van der Waals surface area contributed by atoms with Crippen molar-refractivity contribution in [2.75, 3.05) is 57.9 Å². The van der Waals surface area contributed by atoms with Crippen LogP contribution >= 0.6 is 0 Å². The summed E-state index contributed by atoms with van der Waals surface area (Å²) in [6.07, 6.45) is 6.74. The number of aromatic nitrogens is 2. The molecule has 3 saturated heterocycles. The lowest BCUT2D eigenvalue weighted by atomic mass is 9.72. The van der Waals surface area contributed by atoms with E-state index in [0.29, 0.717) is 30.5 Å². The number of halogens is 1. The maximum atomic E-state index is 14.3. The minimum Gasteiger partial charge on any atom is -0.497 e. The van der Waals surface area contributed by atoms with Gasteiger partial charge in [0.2, 0.25) is 10.0 Å². The maximum Gasteiger partial charge on any atom is 0.257 e.